The van der Waals surface area contributed by atoms with E-state index in [0.717, 1.165) is 0 Å². The summed E-state index contributed by atoms with van der Waals surface area (Å²) in [4.78, 5) is 5.07. The van der Waals surface area contributed by atoms with Crippen LogP contribution >= 0.6 is 0 Å². The normalized spacial score (nSPS) is 22.8. The van der Waals surface area contributed by atoms with Gasteiger partial charge in [0.15, 0.2) is 0 Å². The first-order valence-electron chi connectivity index (χ1n) is 10.1. The predicted molar refractivity (Wildman–Crippen MR) is 111 cm³/mol. The molecule has 2 aromatic carbocycles. The van der Waals surface area contributed by atoms with Crippen molar-refractivity contribution in [1.29, 1.82) is 0 Å². The van der Waals surface area contributed by atoms with Crippen molar-refractivity contribution in [2.75, 3.05) is 60.4 Å². The number of quaternary nitrogens is 3. The van der Waals surface area contributed by atoms with Crippen LogP contribution in [-0.4, -0.2) is 60.4 Å². The summed E-state index contributed by atoms with van der Waals surface area (Å²) in [5.74, 6) is -0.378. The van der Waals surface area contributed by atoms with E-state index < -0.39 is 0 Å². The fraction of sp³-hybridized carbons (Fsp3) is 0.391. The molecule has 4 nitrogen and oxygen atoms in total. The molecule has 1 aliphatic rings. The number of halogens is 1. The molecule has 0 aromatic heterocycles. The molecule has 0 amide bonds. The van der Waals surface area contributed by atoms with Crippen LogP contribution in [0.2, 0.25) is 0 Å². The second-order valence-corrected chi connectivity index (χ2v) is 7.80. The van der Waals surface area contributed by atoms with Gasteiger partial charge in [0.2, 0.25) is 0 Å². The van der Waals surface area contributed by atoms with Crippen molar-refractivity contribution in [1.82, 2.24) is 0 Å². The zero-order chi connectivity index (χ0) is 20.4. The van der Waals surface area contributed by atoms with Crippen molar-refractivity contribution < 1.29 is 43.1 Å². The van der Waals surface area contributed by atoms with Gasteiger partial charge in [0.05, 0.1) is 21.1 Å². The smallest absolute Gasteiger partial charge is 0.872 e. The molecule has 0 atom stereocenters. The maximum atomic E-state index is 12.6. The molecule has 6 heteroatoms. The van der Waals surface area contributed by atoms with Crippen LogP contribution < -0.4 is 38.7 Å². The molecule has 0 bridgehead atoms. The van der Waals surface area contributed by atoms with E-state index in [1.54, 1.807) is 39.0 Å². The molecule has 2 aromatic rings. The Morgan fingerprint density at radius 1 is 0.759 bits per heavy atom. The second-order valence-electron chi connectivity index (χ2n) is 7.80. The molecule has 0 aliphatic carbocycles. The monoisotopic (exact) mass is 394 g/mol. The van der Waals surface area contributed by atoms with Gasteiger partial charge in [0, 0.05) is 0 Å². The summed E-state index contributed by atoms with van der Waals surface area (Å²) in [7, 11) is 6.93. The molecule has 0 saturated carbocycles. The minimum Gasteiger partial charge on any atom is -0.872 e. The van der Waals surface area contributed by atoms with E-state index in [4.69, 9.17) is 0 Å². The fourth-order valence-electron chi connectivity index (χ4n) is 3.05. The Morgan fingerprint density at radius 3 is 1.59 bits per heavy atom. The summed E-state index contributed by atoms with van der Waals surface area (Å²) in [5, 5.41) is 11.7. The Kier molecular flexibility index (Phi) is 11.9. The maximum absolute atomic E-state index is 12.6. The van der Waals surface area contributed by atoms with Crippen LogP contribution in [0.5, 0.6) is 0 Å². The van der Waals surface area contributed by atoms with Gasteiger partial charge in [-0.15, -0.1) is 5.76 Å². The SMILES string of the molecule is C[NH+]1CC[NH+](C)CC[NH+](C)CC1.[Li+].[O-]/C(=C\c1ccc(F)cc1)c1ccccc1. The van der Waals surface area contributed by atoms with Gasteiger partial charge < -0.3 is 19.8 Å². The number of nitrogens with one attached hydrogen (secondary N) is 3. The third-order valence-electron chi connectivity index (χ3n) is 5.16. The molecule has 1 aliphatic heterocycles. The summed E-state index contributed by atoms with van der Waals surface area (Å²) in [6, 6.07) is 14.8. The molecule has 29 heavy (non-hydrogen) atoms. The molecule has 152 valence electrons. The van der Waals surface area contributed by atoms with Gasteiger partial charge in [0.1, 0.15) is 45.1 Å². The first-order valence-corrected chi connectivity index (χ1v) is 10.1. The largest absolute Gasteiger partial charge is 1.00 e. The van der Waals surface area contributed by atoms with E-state index >= 15 is 0 Å². The van der Waals surface area contributed by atoms with Crippen LogP contribution in [0.25, 0.3) is 11.8 Å². The number of benzene rings is 2. The van der Waals surface area contributed by atoms with Crippen molar-refractivity contribution in [3.63, 3.8) is 0 Å². The third-order valence-corrected chi connectivity index (χ3v) is 5.16. The summed E-state index contributed by atoms with van der Waals surface area (Å²) in [5.41, 5.74) is 1.34. The van der Waals surface area contributed by atoms with E-state index in [1.807, 2.05) is 18.2 Å². The summed E-state index contributed by atoms with van der Waals surface area (Å²) in [6.45, 7) is 7.99. The van der Waals surface area contributed by atoms with Crippen molar-refractivity contribution in [3.05, 3.63) is 71.5 Å². The van der Waals surface area contributed by atoms with Crippen molar-refractivity contribution in [2.24, 2.45) is 0 Å². The summed E-state index contributed by atoms with van der Waals surface area (Å²) >= 11 is 0. The first kappa shape index (κ1) is 25.4. The van der Waals surface area contributed by atoms with Crippen molar-refractivity contribution >= 4 is 11.8 Å². The molecule has 3 rings (SSSR count). The molecule has 0 radical (unpaired) electrons. The average molecular weight is 394 g/mol. The Labute approximate surface area is 186 Å². The van der Waals surface area contributed by atoms with Crippen LogP contribution in [0, 0.1) is 5.82 Å². The zero-order valence-corrected chi connectivity index (χ0v) is 18.3. The number of hydrogen-bond donors (Lipinski definition) is 3. The third kappa shape index (κ3) is 10.1. The van der Waals surface area contributed by atoms with Gasteiger partial charge in [0.25, 0.3) is 0 Å². The van der Waals surface area contributed by atoms with E-state index in [9.17, 15) is 9.50 Å². The zero-order valence-electron chi connectivity index (χ0n) is 18.3. The molecular weight excluding hydrogens is 360 g/mol. The molecule has 1 heterocycles. The minimum absolute atomic E-state index is 0. The van der Waals surface area contributed by atoms with Gasteiger partial charge in [-0.2, -0.15) is 0 Å². The molecule has 1 fully saturated rings. The molecule has 3 N–H and O–H groups in total. The number of hydrogen-bond acceptors (Lipinski definition) is 1. The van der Waals surface area contributed by atoms with Crippen LogP contribution in [0.1, 0.15) is 11.1 Å². The van der Waals surface area contributed by atoms with Crippen LogP contribution in [0.4, 0.5) is 4.39 Å². The second kappa shape index (κ2) is 13.6. The van der Waals surface area contributed by atoms with E-state index in [1.165, 1.54) is 57.5 Å². The van der Waals surface area contributed by atoms with E-state index in [-0.39, 0.29) is 30.4 Å². The van der Waals surface area contributed by atoms with Gasteiger partial charge in [-0.1, -0.05) is 48.5 Å². The predicted octanol–water partition coefficient (Wildman–Crippen LogP) is -4.77. The Hall–Kier alpha value is -1.61. The Morgan fingerprint density at radius 2 is 1.17 bits per heavy atom. The summed E-state index contributed by atoms with van der Waals surface area (Å²) < 4.78 is 12.6. The fourth-order valence-corrected chi connectivity index (χ4v) is 3.05. The topological polar surface area (TPSA) is 36.4 Å². The van der Waals surface area contributed by atoms with Crippen LogP contribution in [0.3, 0.4) is 0 Å². The Balaban J connectivity index is 0.000000292. The number of rotatable bonds is 2. The maximum Gasteiger partial charge on any atom is 1.00 e. The molecular formula is C23H34FLiN3O+3. The molecule has 0 spiro atoms. The quantitative estimate of drug-likeness (QED) is 0.267. The van der Waals surface area contributed by atoms with Crippen molar-refractivity contribution in [2.45, 2.75) is 0 Å². The number of likely N-dealkylation sites (N-methyl/N-ethyl adjacent to an activating group) is 3. The van der Waals surface area contributed by atoms with Gasteiger partial charge >= 0.3 is 18.9 Å². The van der Waals surface area contributed by atoms with Crippen LogP contribution in [-0.2, 0) is 0 Å². The Bertz CT molecular complexity index is 689. The average Bonchev–Trinajstić information content (AvgIpc) is 2.78. The van der Waals surface area contributed by atoms with E-state index in [0.29, 0.717) is 11.1 Å². The van der Waals surface area contributed by atoms with E-state index in [2.05, 4.69) is 21.1 Å². The van der Waals surface area contributed by atoms with Gasteiger partial charge in [-0.3, -0.25) is 0 Å². The van der Waals surface area contributed by atoms with Gasteiger partial charge in [-0.25, -0.2) is 4.39 Å². The first-order chi connectivity index (χ1) is 13.4. The molecule has 1 saturated heterocycles. The summed E-state index contributed by atoms with van der Waals surface area (Å²) in [6.07, 6.45) is 1.49. The molecule has 0 unspecified atom stereocenters. The standard InChI is InChI=1S/C14H11FO.C9H21N3.Li/c15-13-8-6-11(7-9-13)10-14(16)12-4-2-1-3-5-12;1-10-4-6-11(2)8-9-12(3)7-5-10;/h1-10,16H;4-9H2,1-3H3;/q;;+1/p+2/b14-10-;;. The van der Waals surface area contributed by atoms with Crippen molar-refractivity contribution in [3.8, 4) is 0 Å². The van der Waals surface area contributed by atoms with Crippen LogP contribution in [0.15, 0.2) is 54.6 Å². The minimum atomic E-state index is -0.302. The van der Waals surface area contributed by atoms with Gasteiger partial charge in [-0.05, 0) is 23.3 Å².